The smallest absolute Gasteiger partial charge is 0.491 e. The van der Waals surface area contributed by atoms with Crippen molar-refractivity contribution in [1.82, 2.24) is 4.90 Å². The van der Waals surface area contributed by atoms with E-state index in [9.17, 15) is 18.3 Å². The van der Waals surface area contributed by atoms with Crippen LogP contribution in [-0.2, 0) is 6.54 Å². The predicted octanol–water partition coefficient (Wildman–Crippen LogP) is 3.99. The van der Waals surface area contributed by atoms with Crippen molar-refractivity contribution in [3.05, 3.63) is 60.2 Å². The van der Waals surface area contributed by atoms with E-state index in [1.807, 2.05) is 30.3 Å². The molecule has 0 spiro atoms. The lowest BCUT2D eigenvalue weighted by Crippen LogP contribution is -2.47. The van der Waals surface area contributed by atoms with Crippen molar-refractivity contribution in [2.45, 2.75) is 31.3 Å². The second kappa shape index (κ2) is 8.19. The van der Waals surface area contributed by atoms with Gasteiger partial charge in [0.25, 0.3) is 0 Å². The van der Waals surface area contributed by atoms with E-state index in [1.165, 1.54) is 12.1 Å². The van der Waals surface area contributed by atoms with E-state index in [4.69, 9.17) is 4.74 Å². The lowest BCUT2D eigenvalue weighted by Gasteiger charge is -2.38. The van der Waals surface area contributed by atoms with E-state index < -0.39 is 12.0 Å². The Morgan fingerprint density at radius 1 is 0.963 bits per heavy atom. The molecule has 1 fully saturated rings. The van der Waals surface area contributed by atoms with Gasteiger partial charge in [0.1, 0.15) is 23.7 Å². The first-order valence-corrected chi connectivity index (χ1v) is 8.79. The zero-order valence-electron chi connectivity index (χ0n) is 14.8. The summed E-state index contributed by atoms with van der Waals surface area (Å²) in [6.07, 6.45) is -3.61. The van der Waals surface area contributed by atoms with Crippen LogP contribution in [0.25, 0.3) is 0 Å². The third-order valence-corrected chi connectivity index (χ3v) is 4.58. The maximum atomic E-state index is 12.3. The van der Waals surface area contributed by atoms with Crippen molar-refractivity contribution in [1.29, 1.82) is 0 Å². The van der Waals surface area contributed by atoms with Gasteiger partial charge in [-0.05, 0) is 42.7 Å². The molecule has 0 aliphatic carbocycles. The van der Waals surface area contributed by atoms with Crippen molar-refractivity contribution in [3.63, 3.8) is 0 Å². The molecular weight excluding hydrogens is 359 g/mol. The van der Waals surface area contributed by atoms with Gasteiger partial charge in [-0.25, -0.2) is 0 Å². The van der Waals surface area contributed by atoms with Crippen LogP contribution in [0.2, 0.25) is 0 Å². The first-order chi connectivity index (χ1) is 12.8. The molecule has 1 aliphatic rings. The van der Waals surface area contributed by atoms with Crippen LogP contribution in [0.3, 0.4) is 0 Å². The fraction of sp³-hybridized carbons (Fsp3) is 0.400. The van der Waals surface area contributed by atoms with Crippen LogP contribution in [0.15, 0.2) is 54.6 Å². The minimum atomic E-state index is -4.70. The lowest BCUT2D eigenvalue weighted by atomic mass is 9.92. The number of para-hydroxylation sites is 1. The molecule has 0 amide bonds. The van der Waals surface area contributed by atoms with Gasteiger partial charge in [0, 0.05) is 19.6 Å². The molecule has 4 nitrogen and oxygen atoms in total. The molecule has 1 heterocycles. The van der Waals surface area contributed by atoms with Gasteiger partial charge in [0.05, 0.1) is 0 Å². The highest BCUT2D eigenvalue weighted by Crippen LogP contribution is 2.27. The highest BCUT2D eigenvalue weighted by molar-refractivity contribution is 5.28. The number of ether oxygens (including phenoxy) is 2. The Morgan fingerprint density at radius 2 is 1.63 bits per heavy atom. The van der Waals surface area contributed by atoms with E-state index in [0.717, 1.165) is 11.3 Å². The molecule has 0 bridgehead atoms. The second-order valence-electron chi connectivity index (χ2n) is 6.80. The van der Waals surface area contributed by atoms with Crippen LogP contribution in [0.1, 0.15) is 18.4 Å². The predicted molar refractivity (Wildman–Crippen MR) is 94.5 cm³/mol. The first-order valence-electron chi connectivity index (χ1n) is 8.79. The Morgan fingerprint density at radius 3 is 2.30 bits per heavy atom. The Hall–Kier alpha value is -2.25. The van der Waals surface area contributed by atoms with E-state index in [-0.39, 0.29) is 12.4 Å². The Labute approximate surface area is 156 Å². The number of aliphatic hydroxyl groups is 1. The first kappa shape index (κ1) is 19.5. The fourth-order valence-electron chi connectivity index (χ4n) is 3.11. The molecule has 146 valence electrons. The zero-order valence-corrected chi connectivity index (χ0v) is 14.8. The molecule has 3 rings (SSSR count). The molecule has 27 heavy (non-hydrogen) atoms. The van der Waals surface area contributed by atoms with Crippen molar-refractivity contribution in [3.8, 4) is 11.5 Å². The minimum absolute atomic E-state index is 0.218. The van der Waals surface area contributed by atoms with Crippen molar-refractivity contribution >= 4 is 0 Å². The molecule has 1 aliphatic heterocycles. The zero-order chi connectivity index (χ0) is 19.3. The van der Waals surface area contributed by atoms with E-state index in [2.05, 4.69) is 9.64 Å². The Balaban J connectivity index is 1.50. The van der Waals surface area contributed by atoms with Gasteiger partial charge in [-0.2, -0.15) is 0 Å². The number of hydrogen-bond acceptors (Lipinski definition) is 4. The third kappa shape index (κ3) is 6.15. The monoisotopic (exact) mass is 381 g/mol. The van der Waals surface area contributed by atoms with Crippen LogP contribution in [0.4, 0.5) is 13.2 Å². The molecule has 1 saturated heterocycles. The summed E-state index contributed by atoms with van der Waals surface area (Å²) in [5, 5.41) is 10.7. The average Bonchev–Trinajstić information content (AvgIpc) is 2.62. The topological polar surface area (TPSA) is 41.9 Å². The molecule has 0 unspecified atom stereocenters. The maximum absolute atomic E-state index is 12.3. The SMILES string of the molecule is OC1(COc2ccccc2)CCN(Cc2cccc(OC(F)(F)F)c2)CC1. The van der Waals surface area contributed by atoms with Gasteiger partial charge < -0.3 is 14.6 Å². The number of benzene rings is 2. The molecular formula is C20H22F3NO3. The van der Waals surface area contributed by atoms with Crippen molar-refractivity contribution in [2.24, 2.45) is 0 Å². The third-order valence-electron chi connectivity index (χ3n) is 4.58. The van der Waals surface area contributed by atoms with Gasteiger partial charge in [-0.15, -0.1) is 13.2 Å². The number of likely N-dealkylation sites (tertiary alicyclic amines) is 1. The number of piperidine rings is 1. The normalized spacial score (nSPS) is 17.5. The van der Waals surface area contributed by atoms with Gasteiger partial charge >= 0.3 is 6.36 Å². The summed E-state index contributed by atoms with van der Waals surface area (Å²) in [6.45, 7) is 2.00. The number of hydrogen-bond donors (Lipinski definition) is 1. The highest BCUT2D eigenvalue weighted by Gasteiger charge is 2.33. The number of nitrogens with zero attached hydrogens (tertiary/aromatic N) is 1. The molecule has 1 N–H and O–H groups in total. The summed E-state index contributed by atoms with van der Waals surface area (Å²) >= 11 is 0. The number of rotatable bonds is 6. The summed E-state index contributed by atoms with van der Waals surface area (Å²) < 4.78 is 46.7. The summed E-state index contributed by atoms with van der Waals surface area (Å²) in [5.74, 6) is 0.500. The van der Waals surface area contributed by atoms with Crippen molar-refractivity contribution < 1.29 is 27.8 Å². The maximum Gasteiger partial charge on any atom is 0.573 e. The molecule has 0 saturated carbocycles. The molecule has 0 radical (unpaired) electrons. The minimum Gasteiger partial charge on any atom is -0.491 e. The number of halogens is 3. The quantitative estimate of drug-likeness (QED) is 0.822. The van der Waals surface area contributed by atoms with E-state index in [0.29, 0.717) is 32.5 Å². The van der Waals surface area contributed by atoms with Crippen LogP contribution in [0, 0.1) is 0 Å². The van der Waals surface area contributed by atoms with E-state index in [1.54, 1.807) is 12.1 Å². The highest BCUT2D eigenvalue weighted by atomic mass is 19.4. The van der Waals surface area contributed by atoms with Crippen LogP contribution in [-0.4, -0.2) is 41.7 Å². The molecule has 7 heteroatoms. The van der Waals surface area contributed by atoms with Gasteiger partial charge in [0.2, 0.25) is 0 Å². The second-order valence-corrected chi connectivity index (χ2v) is 6.80. The Bertz CT molecular complexity index is 729. The summed E-state index contributed by atoms with van der Waals surface area (Å²) in [5.41, 5.74) is -0.157. The van der Waals surface area contributed by atoms with Crippen LogP contribution < -0.4 is 9.47 Å². The number of alkyl halides is 3. The fourth-order valence-corrected chi connectivity index (χ4v) is 3.11. The lowest BCUT2D eigenvalue weighted by molar-refractivity contribution is -0.274. The van der Waals surface area contributed by atoms with Gasteiger partial charge in [-0.1, -0.05) is 30.3 Å². The van der Waals surface area contributed by atoms with Gasteiger partial charge in [-0.3, -0.25) is 4.90 Å². The molecule has 0 atom stereocenters. The standard InChI is InChI=1S/C20H22F3NO3/c21-20(22,23)27-18-8-4-5-16(13-18)14-24-11-9-19(25,10-12-24)15-26-17-6-2-1-3-7-17/h1-8,13,25H,9-12,14-15H2. The average molecular weight is 381 g/mol. The van der Waals surface area contributed by atoms with Gasteiger partial charge in [0.15, 0.2) is 0 Å². The molecule has 2 aromatic carbocycles. The largest absolute Gasteiger partial charge is 0.573 e. The Kier molecular flexibility index (Phi) is 5.92. The van der Waals surface area contributed by atoms with Crippen molar-refractivity contribution in [2.75, 3.05) is 19.7 Å². The summed E-state index contributed by atoms with van der Waals surface area (Å²) in [6, 6.07) is 15.3. The van der Waals surface area contributed by atoms with Crippen LogP contribution in [0.5, 0.6) is 11.5 Å². The van der Waals surface area contributed by atoms with E-state index >= 15 is 0 Å². The molecule has 0 aromatic heterocycles. The molecule has 2 aromatic rings. The van der Waals surface area contributed by atoms with Crippen LogP contribution >= 0.6 is 0 Å². The summed E-state index contributed by atoms with van der Waals surface area (Å²) in [4.78, 5) is 2.10. The summed E-state index contributed by atoms with van der Waals surface area (Å²) in [7, 11) is 0.